The summed E-state index contributed by atoms with van der Waals surface area (Å²) in [6.07, 6.45) is 0.690. The van der Waals surface area contributed by atoms with Gasteiger partial charge in [0.2, 0.25) is 11.8 Å². The Bertz CT molecular complexity index is 1310. The van der Waals surface area contributed by atoms with Gasteiger partial charge in [0, 0.05) is 25.4 Å². The lowest BCUT2D eigenvalue weighted by Gasteiger charge is -2.22. The number of nitrogens with two attached hydrogens (primary N) is 2. The van der Waals surface area contributed by atoms with Crippen molar-refractivity contribution in [3.63, 3.8) is 0 Å². The van der Waals surface area contributed by atoms with Gasteiger partial charge in [-0.3, -0.25) is 9.59 Å². The first-order valence-electron chi connectivity index (χ1n) is 12.8. The lowest BCUT2D eigenvalue weighted by atomic mass is 9.88. The van der Waals surface area contributed by atoms with Gasteiger partial charge in [0.1, 0.15) is 11.1 Å². The summed E-state index contributed by atoms with van der Waals surface area (Å²) in [5.41, 5.74) is 14.1. The maximum atomic E-state index is 13.3. The van der Waals surface area contributed by atoms with Crippen LogP contribution in [0.2, 0.25) is 10.0 Å². The molecule has 3 aromatic rings. The molecule has 216 valence electrons. The normalized spacial score (nSPS) is 12.0. The zero-order valence-corrected chi connectivity index (χ0v) is 23.6. The Hall–Kier alpha value is -4.35. The third kappa shape index (κ3) is 9.96. The van der Waals surface area contributed by atoms with Crippen LogP contribution in [-0.2, 0) is 16.1 Å². The number of rotatable bonds is 13. The van der Waals surface area contributed by atoms with Gasteiger partial charge in [-0.15, -0.1) is 0 Å². The van der Waals surface area contributed by atoms with E-state index in [4.69, 9.17) is 34.7 Å². The molecule has 0 spiro atoms. The van der Waals surface area contributed by atoms with Crippen LogP contribution in [0.4, 0.5) is 5.69 Å². The molecule has 1 atom stereocenters. The number of halogens is 2. The van der Waals surface area contributed by atoms with Crippen molar-refractivity contribution in [3.05, 3.63) is 110 Å². The van der Waals surface area contributed by atoms with Gasteiger partial charge in [-0.2, -0.15) is 0 Å². The number of nitrogen functional groups attached to an aromatic ring is 1. The molecule has 3 rings (SSSR count). The van der Waals surface area contributed by atoms with E-state index in [2.05, 4.69) is 21.1 Å². The van der Waals surface area contributed by atoms with Gasteiger partial charge in [0.05, 0.1) is 15.7 Å². The molecular formula is C28H31Cl2N7O4. The first kappa shape index (κ1) is 31.2. The van der Waals surface area contributed by atoms with Crippen LogP contribution in [0.3, 0.4) is 0 Å². The number of guanidine groups is 1. The highest BCUT2D eigenvalue weighted by Gasteiger charge is 2.24. The molecule has 0 saturated carbocycles. The number of nitrogens with one attached hydrogen (secondary N) is 3. The monoisotopic (exact) mass is 599 g/mol. The molecule has 0 saturated heterocycles. The fourth-order valence-corrected chi connectivity index (χ4v) is 4.74. The largest absolute Gasteiger partial charge is 0.396 e. The summed E-state index contributed by atoms with van der Waals surface area (Å²) in [5.74, 6) is -1.32. The zero-order valence-electron chi connectivity index (χ0n) is 22.1. The Morgan fingerprint density at radius 1 is 0.951 bits per heavy atom. The van der Waals surface area contributed by atoms with E-state index in [1.165, 1.54) is 0 Å². The van der Waals surface area contributed by atoms with Crippen LogP contribution in [0.25, 0.3) is 0 Å². The van der Waals surface area contributed by atoms with Gasteiger partial charge in [0.25, 0.3) is 5.96 Å². The van der Waals surface area contributed by atoms with E-state index >= 15 is 0 Å². The molecule has 0 fully saturated rings. The quantitative estimate of drug-likeness (QED) is 0.0495. The van der Waals surface area contributed by atoms with Crippen LogP contribution < -0.4 is 27.4 Å². The summed E-state index contributed by atoms with van der Waals surface area (Å²) < 4.78 is 0. The average molecular weight is 601 g/mol. The summed E-state index contributed by atoms with van der Waals surface area (Å²) in [4.78, 5) is 37.0. The van der Waals surface area contributed by atoms with E-state index in [1.807, 2.05) is 60.7 Å². The van der Waals surface area contributed by atoms with Gasteiger partial charge >= 0.3 is 0 Å². The first-order valence-corrected chi connectivity index (χ1v) is 13.5. The first-order chi connectivity index (χ1) is 19.6. The van der Waals surface area contributed by atoms with Gasteiger partial charge in [-0.05, 0) is 41.7 Å². The van der Waals surface area contributed by atoms with E-state index in [0.717, 1.165) is 11.1 Å². The third-order valence-corrected chi connectivity index (χ3v) is 6.84. The molecule has 7 N–H and O–H groups in total. The Labute approximate surface area is 247 Å². The van der Waals surface area contributed by atoms with Gasteiger partial charge in [-0.1, -0.05) is 83.9 Å². The second-order valence-electron chi connectivity index (χ2n) is 9.18. The molecule has 0 unspecified atom stereocenters. The fourth-order valence-electron chi connectivity index (χ4n) is 4.20. The van der Waals surface area contributed by atoms with E-state index in [1.54, 1.807) is 12.1 Å². The standard InChI is InChI=1S/C28H31Cl2N7O4/c29-22-14-18(15-23(30)26(22)31)17-34-27(39)24(12-7-13-33-28(32)36-37(40)41)35-25(38)16-21(19-8-3-1-4-9-19)20-10-5-2-6-11-20/h1-6,8-11,14-15,21,24H,7,12-13,16-17,31H2,(H,34,39)(H,35,38)(H3,32,33,36)/t24-/m1/s1. The molecule has 11 nitrogen and oxygen atoms in total. The number of benzene rings is 3. The maximum Gasteiger partial charge on any atom is 0.266 e. The maximum absolute atomic E-state index is 13.3. The number of amides is 2. The Balaban J connectivity index is 1.71. The smallest absolute Gasteiger partial charge is 0.266 e. The minimum atomic E-state index is -0.912. The predicted octanol–water partition coefficient (Wildman–Crippen LogP) is 3.78. The molecule has 0 aliphatic rings. The highest BCUT2D eigenvalue weighted by atomic mass is 35.5. The van der Waals surface area contributed by atoms with Crippen molar-refractivity contribution in [3.8, 4) is 0 Å². The lowest BCUT2D eigenvalue weighted by Crippen LogP contribution is -2.47. The Morgan fingerprint density at radius 2 is 1.51 bits per heavy atom. The second-order valence-corrected chi connectivity index (χ2v) is 10.00. The van der Waals surface area contributed by atoms with Crippen molar-refractivity contribution in [2.75, 3.05) is 12.3 Å². The summed E-state index contributed by atoms with van der Waals surface area (Å²) in [5, 5.41) is 21.3. The molecule has 0 aliphatic carbocycles. The van der Waals surface area contributed by atoms with Crippen LogP contribution in [0.5, 0.6) is 0 Å². The molecule has 41 heavy (non-hydrogen) atoms. The van der Waals surface area contributed by atoms with Crippen LogP contribution in [0, 0.1) is 10.1 Å². The summed E-state index contributed by atoms with van der Waals surface area (Å²) in [7, 11) is 0. The zero-order chi connectivity index (χ0) is 29.8. The number of hydrazone groups is 1. The summed E-state index contributed by atoms with van der Waals surface area (Å²) >= 11 is 12.2. The van der Waals surface area contributed by atoms with E-state index in [-0.39, 0.29) is 59.4 Å². The molecule has 2 amide bonds. The number of carbonyl (C=O) groups excluding carboxylic acids is 2. The Morgan fingerprint density at radius 3 is 2.05 bits per heavy atom. The molecule has 0 aromatic heterocycles. The number of nitrogens with zero attached hydrogens (tertiary/aromatic N) is 2. The summed E-state index contributed by atoms with van der Waals surface area (Å²) in [6, 6.07) is 21.6. The minimum absolute atomic E-state index is 0.0995. The highest BCUT2D eigenvalue weighted by molar-refractivity contribution is 6.38. The number of carbonyl (C=O) groups is 2. The topological polar surface area (TPSA) is 178 Å². The second kappa shape index (κ2) is 15.4. The molecule has 0 heterocycles. The number of hydrogen-bond acceptors (Lipinski definition) is 5. The SMILES string of the molecule is NC(=N[N+](=O)[O-])NCCC[C@@H](NC(=O)CC(c1ccccc1)c1ccccc1)C(=O)NCc1cc(Cl)c(N)c(Cl)c1. The van der Waals surface area contributed by atoms with E-state index < -0.39 is 17.0 Å². The average Bonchev–Trinajstić information content (AvgIpc) is 2.95. The van der Waals surface area contributed by atoms with Crippen LogP contribution in [-0.4, -0.2) is 35.4 Å². The predicted molar refractivity (Wildman–Crippen MR) is 160 cm³/mol. The molecule has 0 radical (unpaired) electrons. The lowest BCUT2D eigenvalue weighted by molar-refractivity contribution is -0.485. The van der Waals surface area contributed by atoms with Crippen molar-refractivity contribution in [1.82, 2.24) is 16.0 Å². The number of nitro groups is 1. The van der Waals surface area contributed by atoms with Crippen molar-refractivity contribution in [2.24, 2.45) is 10.8 Å². The van der Waals surface area contributed by atoms with Crippen LogP contribution in [0.1, 0.15) is 41.9 Å². The fraction of sp³-hybridized carbons (Fsp3) is 0.250. The van der Waals surface area contributed by atoms with Crippen LogP contribution in [0.15, 0.2) is 77.9 Å². The van der Waals surface area contributed by atoms with Gasteiger partial charge in [0.15, 0.2) is 5.03 Å². The third-order valence-electron chi connectivity index (χ3n) is 6.22. The van der Waals surface area contributed by atoms with Crippen molar-refractivity contribution in [1.29, 1.82) is 0 Å². The molecule has 13 heteroatoms. The molecule has 0 aliphatic heterocycles. The van der Waals surface area contributed by atoms with Gasteiger partial charge < -0.3 is 27.4 Å². The number of anilines is 1. The van der Waals surface area contributed by atoms with Crippen LogP contribution >= 0.6 is 23.2 Å². The molecule has 3 aromatic carbocycles. The van der Waals surface area contributed by atoms with E-state index in [9.17, 15) is 19.7 Å². The summed E-state index contributed by atoms with van der Waals surface area (Å²) in [6.45, 7) is 0.297. The Kier molecular flexibility index (Phi) is 11.7. The molecule has 0 bridgehead atoms. The molecular weight excluding hydrogens is 569 g/mol. The highest BCUT2D eigenvalue weighted by Crippen LogP contribution is 2.29. The van der Waals surface area contributed by atoms with Crippen molar-refractivity contribution in [2.45, 2.75) is 37.8 Å². The number of hydrogen-bond donors (Lipinski definition) is 5. The van der Waals surface area contributed by atoms with Gasteiger partial charge in [-0.25, -0.2) is 10.1 Å². The minimum Gasteiger partial charge on any atom is -0.396 e. The van der Waals surface area contributed by atoms with Crippen molar-refractivity contribution < 1.29 is 14.6 Å². The van der Waals surface area contributed by atoms with Crippen molar-refractivity contribution >= 4 is 46.7 Å². The van der Waals surface area contributed by atoms with E-state index in [0.29, 0.717) is 12.0 Å².